The van der Waals surface area contributed by atoms with Gasteiger partial charge in [0.1, 0.15) is 0 Å². The van der Waals surface area contributed by atoms with Gasteiger partial charge < -0.3 is 5.11 Å². The molecule has 0 fully saturated rings. The summed E-state index contributed by atoms with van der Waals surface area (Å²) in [5.41, 5.74) is -1.96. The maximum Gasteiger partial charge on any atom is 0.417 e. The quantitative estimate of drug-likeness (QED) is 0.832. The normalized spacial score (nSPS) is 12.2. The lowest BCUT2D eigenvalue weighted by Gasteiger charge is -2.14. The number of hydrogen-bond donors (Lipinski definition) is 1. The molecule has 9 heteroatoms. The number of sulfone groups is 1. The molecule has 0 radical (unpaired) electrons. The Hall–Kier alpha value is -1.87. The van der Waals surface area contributed by atoms with E-state index in [1.54, 1.807) is 0 Å². The van der Waals surface area contributed by atoms with Crippen molar-refractivity contribution in [3.63, 3.8) is 0 Å². The Morgan fingerprint density at radius 2 is 1.65 bits per heavy atom. The molecular formula is C14H8BrF3O4S. The summed E-state index contributed by atoms with van der Waals surface area (Å²) in [5.74, 6) is -1.56. The number of hydrogen-bond acceptors (Lipinski definition) is 3. The van der Waals surface area contributed by atoms with Gasteiger partial charge in [-0.05, 0) is 30.3 Å². The van der Waals surface area contributed by atoms with Crippen LogP contribution in [-0.2, 0) is 16.0 Å². The molecule has 0 aliphatic rings. The first kappa shape index (κ1) is 17.5. The maximum atomic E-state index is 13.0. The van der Waals surface area contributed by atoms with Crippen molar-refractivity contribution in [1.29, 1.82) is 0 Å². The molecule has 122 valence electrons. The summed E-state index contributed by atoms with van der Waals surface area (Å²) in [6, 6.07) is 6.85. The SMILES string of the molecule is O=C(O)c1cc(Br)ccc1S(=O)(=O)c1ccccc1C(F)(F)F. The van der Waals surface area contributed by atoms with Crippen molar-refractivity contribution in [2.24, 2.45) is 0 Å². The lowest BCUT2D eigenvalue weighted by atomic mass is 10.2. The van der Waals surface area contributed by atoms with Crippen LogP contribution in [0, 0.1) is 0 Å². The van der Waals surface area contributed by atoms with Gasteiger partial charge in [0.15, 0.2) is 0 Å². The second kappa shape index (κ2) is 5.97. The van der Waals surface area contributed by atoms with Crippen molar-refractivity contribution in [1.82, 2.24) is 0 Å². The van der Waals surface area contributed by atoms with Gasteiger partial charge in [0.05, 0.1) is 20.9 Å². The third-order valence-corrected chi connectivity index (χ3v) is 5.31. The predicted molar refractivity (Wildman–Crippen MR) is 78.0 cm³/mol. The highest BCUT2D eigenvalue weighted by molar-refractivity contribution is 9.10. The Bertz CT molecular complexity index is 876. The van der Waals surface area contributed by atoms with Gasteiger partial charge in [-0.15, -0.1) is 0 Å². The largest absolute Gasteiger partial charge is 0.478 e. The smallest absolute Gasteiger partial charge is 0.417 e. The number of rotatable bonds is 3. The summed E-state index contributed by atoms with van der Waals surface area (Å²) < 4.78 is 64.5. The number of alkyl halides is 3. The standard InChI is InChI=1S/C14H8BrF3O4S/c15-8-5-6-11(9(7-8)13(19)20)23(21,22)12-4-2-1-3-10(12)14(16,17)18/h1-7H,(H,19,20). The van der Waals surface area contributed by atoms with Gasteiger partial charge in [0.2, 0.25) is 9.84 Å². The molecule has 0 saturated heterocycles. The number of carboxylic acids is 1. The molecule has 1 N–H and O–H groups in total. The molecule has 0 amide bonds. The number of benzene rings is 2. The summed E-state index contributed by atoms with van der Waals surface area (Å²) in [6.45, 7) is 0. The number of halogens is 4. The zero-order valence-electron chi connectivity index (χ0n) is 11.1. The van der Waals surface area contributed by atoms with Crippen LogP contribution in [0.4, 0.5) is 13.2 Å². The van der Waals surface area contributed by atoms with Crippen LogP contribution in [0.15, 0.2) is 56.7 Å². The molecule has 0 bridgehead atoms. The van der Waals surface area contributed by atoms with Gasteiger partial charge >= 0.3 is 12.1 Å². The summed E-state index contributed by atoms with van der Waals surface area (Å²) >= 11 is 3.00. The van der Waals surface area contributed by atoms with Crippen LogP contribution >= 0.6 is 15.9 Å². The molecule has 0 unspecified atom stereocenters. The maximum absolute atomic E-state index is 13.0. The van der Waals surface area contributed by atoms with Crippen LogP contribution in [0.3, 0.4) is 0 Å². The third-order valence-electron chi connectivity index (χ3n) is 2.94. The summed E-state index contributed by atoms with van der Waals surface area (Å²) in [4.78, 5) is 9.53. The molecule has 0 aromatic heterocycles. The van der Waals surface area contributed by atoms with E-state index in [1.165, 1.54) is 6.07 Å². The fourth-order valence-corrected chi connectivity index (χ4v) is 3.97. The molecular weight excluding hydrogens is 401 g/mol. The Balaban J connectivity index is 2.78. The average Bonchev–Trinajstić information content (AvgIpc) is 2.46. The van der Waals surface area contributed by atoms with E-state index < -0.39 is 42.9 Å². The van der Waals surface area contributed by atoms with Gasteiger partial charge in [-0.25, -0.2) is 13.2 Å². The topological polar surface area (TPSA) is 71.4 Å². The molecule has 0 aliphatic carbocycles. The molecule has 2 rings (SSSR count). The first-order valence-corrected chi connectivity index (χ1v) is 8.27. The van der Waals surface area contributed by atoms with Crippen molar-refractivity contribution in [2.75, 3.05) is 0 Å². The number of carbonyl (C=O) groups is 1. The van der Waals surface area contributed by atoms with Gasteiger partial charge in [-0.1, -0.05) is 28.1 Å². The fourth-order valence-electron chi connectivity index (χ4n) is 1.96. The van der Waals surface area contributed by atoms with Crippen molar-refractivity contribution in [3.05, 3.63) is 58.1 Å². The van der Waals surface area contributed by atoms with Crippen LogP contribution in [-0.4, -0.2) is 19.5 Å². The highest BCUT2D eigenvalue weighted by atomic mass is 79.9. The van der Waals surface area contributed by atoms with E-state index in [0.29, 0.717) is 6.07 Å². The minimum absolute atomic E-state index is 0.290. The second-order valence-electron chi connectivity index (χ2n) is 4.44. The lowest BCUT2D eigenvalue weighted by molar-refractivity contribution is -0.139. The average molecular weight is 409 g/mol. The van der Waals surface area contributed by atoms with E-state index >= 15 is 0 Å². The van der Waals surface area contributed by atoms with Crippen molar-refractivity contribution in [3.8, 4) is 0 Å². The summed E-state index contributed by atoms with van der Waals surface area (Å²) in [5, 5.41) is 9.12. The minimum Gasteiger partial charge on any atom is -0.478 e. The predicted octanol–water partition coefficient (Wildman–Crippen LogP) is 4.00. The highest BCUT2D eigenvalue weighted by Crippen LogP contribution is 2.37. The summed E-state index contributed by atoms with van der Waals surface area (Å²) in [6.07, 6.45) is -4.89. The van der Waals surface area contributed by atoms with E-state index in [0.717, 1.165) is 30.3 Å². The zero-order valence-corrected chi connectivity index (χ0v) is 13.5. The first-order valence-electron chi connectivity index (χ1n) is 5.99. The van der Waals surface area contributed by atoms with Crippen LogP contribution in [0.5, 0.6) is 0 Å². The van der Waals surface area contributed by atoms with Crippen molar-refractivity contribution >= 4 is 31.7 Å². The van der Waals surface area contributed by atoms with E-state index in [4.69, 9.17) is 5.11 Å². The third kappa shape index (κ3) is 3.40. The van der Waals surface area contributed by atoms with Gasteiger partial charge in [-0.2, -0.15) is 13.2 Å². The van der Waals surface area contributed by atoms with E-state index in [2.05, 4.69) is 15.9 Å². The molecule has 0 atom stereocenters. The van der Waals surface area contributed by atoms with E-state index in [9.17, 15) is 26.4 Å². The zero-order chi connectivity index (χ0) is 17.4. The van der Waals surface area contributed by atoms with Gasteiger partial charge in [-0.3, -0.25) is 0 Å². The molecule has 0 aliphatic heterocycles. The Labute approximate surface area is 137 Å². The van der Waals surface area contributed by atoms with Crippen LogP contribution < -0.4 is 0 Å². The van der Waals surface area contributed by atoms with Gasteiger partial charge in [0, 0.05) is 4.47 Å². The first-order chi connectivity index (χ1) is 10.5. The summed E-state index contributed by atoms with van der Waals surface area (Å²) in [7, 11) is -4.67. The van der Waals surface area contributed by atoms with E-state index in [-0.39, 0.29) is 4.47 Å². The van der Waals surface area contributed by atoms with E-state index in [1.807, 2.05) is 0 Å². The molecule has 2 aromatic carbocycles. The van der Waals surface area contributed by atoms with Crippen LogP contribution in [0.1, 0.15) is 15.9 Å². The van der Waals surface area contributed by atoms with Gasteiger partial charge in [0.25, 0.3) is 0 Å². The Morgan fingerprint density at radius 1 is 1.04 bits per heavy atom. The van der Waals surface area contributed by atoms with Crippen molar-refractivity contribution in [2.45, 2.75) is 16.0 Å². The molecule has 0 spiro atoms. The molecule has 23 heavy (non-hydrogen) atoms. The lowest BCUT2D eigenvalue weighted by Crippen LogP contribution is -2.15. The Morgan fingerprint density at radius 3 is 2.22 bits per heavy atom. The molecule has 0 saturated carbocycles. The monoisotopic (exact) mass is 408 g/mol. The van der Waals surface area contributed by atoms with Crippen LogP contribution in [0.2, 0.25) is 0 Å². The number of aromatic carboxylic acids is 1. The molecule has 0 heterocycles. The van der Waals surface area contributed by atoms with Crippen LogP contribution in [0.25, 0.3) is 0 Å². The fraction of sp³-hybridized carbons (Fsp3) is 0.0714. The minimum atomic E-state index is -4.89. The second-order valence-corrected chi connectivity index (χ2v) is 7.25. The molecule has 4 nitrogen and oxygen atoms in total. The molecule has 2 aromatic rings. The van der Waals surface area contributed by atoms with Crippen molar-refractivity contribution < 1.29 is 31.5 Å². The Kier molecular flexibility index (Phi) is 4.54. The highest BCUT2D eigenvalue weighted by Gasteiger charge is 2.38. The number of carboxylic acid groups (broad SMARTS) is 1.